The Morgan fingerprint density at radius 2 is 1.91 bits per heavy atom. The van der Waals surface area contributed by atoms with Crippen LogP contribution in [0.1, 0.15) is 53.5 Å². The Bertz CT molecular complexity index is 700. The molecule has 6 heteroatoms. The zero-order chi connectivity index (χ0) is 16.6. The van der Waals surface area contributed by atoms with Gasteiger partial charge in [-0.25, -0.2) is 8.42 Å². The summed E-state index contributed by atoms with van der Waals surface area (Å²) >= 11 is 0. The molecule has 2 fully saturated rings. The number of aryl methyl sites for hydroxylation is 1. The third kappa shape index (κ3) is 3.53. The minimum Gasteiger partial charge on any atom is -0.344 e. The van der Waals surface area contributed by atoms with Gasteiger partial charge in [0.2, 0.25) is 0 Å². The minimum atomic E-state index is -2.92. The Kier molecular flexibility index (Phi) is 4.65. The molecule has 3 rings (SSSR count). The molecule has 0 aromatic carbocycles. The van der Waals surface area contributed by atoms with Crippen molar-refractivity contribution in [2.45, 2.75) is 45.6 Å². The smallest absolute Gasteiger partial charge is 0.178 e. The van der Waals surface area contributed by atoms with Crippen molar-refractivity contribution in [2.75, 3.05) is 31.1 Å². The van der Waals surface area contributed by atoms with E-state index in [1.54, 1.807) is 0 Å². The van der Waals surface area contributed by atoms with Crippen LogP contribution in [0, 0.1) is 13.8 Å². The fourth-order valence-electron chi connectivity index (χ4n) is 4.01. The summed E-state index contributed by atoms with van der Waals surface area (Å²) in [6.07, 6.45) is 4.26. The molecule has 0 N–H and O–H groups in total. The maximum absolute atomic E-state index is 12.7. The number of ketones is 1. The first-order valence-electron chi connectivity index (χ1n) is 8.52. The quantitative estimate of drug-likeness (QED) is 0.789. The molecule has 0 unspecified atom stereocenters. The molecule has 2 aliphatic rings. The number of Topliss-reactive ketones (excluding diaryl/α,β-unsaturated/α-hetero) is 1. The molecular weight excluding hydrogens is 312 g/mol. The highest BCUT2D eigenvalue weighted by Crippen LogP contribution is 2.29. The number of rotatable bonds is 4. The molecule has 3 heterocycles. The molecule has 0 saturated carbocycles. The van der Waals surface area contributed by atoms with Gasteiger partial charge in [-0.1, -0.05) is 6.42 Å². The van der Waals surface area contributed by atoms with E-state index >= 15 is 0 Å². The first kappa shape index (κ1) is 16.7. The van der Waals surface area contributed by atoms with Gasteiger partial charge in [-0.3, -0.25) is 9.69 Å². The second kappa shape index (κ2) is 6.40. The van der Waals surface area contributed by atoms with Crippen LogP contribution in [0.15, 0.2) is 6.07 Å². The van der Waals surface area contributed by atoms with E-state index in [2.05, 4.69) is 9.47 Å². The topological polar surface area (TPSA) is 59.4 Å². The van der Waals surface area contributed by atoms with Gasteiger partial charge in [0.05, 0.1) is 18.1 Å². The number of carbonyl (C=O) groups is 1. The Morgan fingerprint density at radius 3 is 2.52 bits per heavy atom. The Balaban J connectivity index is 1.78. The zero-order valence-electron chi connectivity index (χ0n) is 14.0. The van der Waals surface area contributed by atoms with Crippen molar-refractivity contribution in [3.63, 3.8) is 0 Å². The van der Waals surface area contributed by atoms with Gasteiger partial charge in [-0.2, -0.15) is 0 Å². The molecule has 1 aromatic heterocycles. The fraction of sp³-hybridized carbons (Fsp3) is 0.706. The summed E-state index contributed by atoms with van der Waals surface area (Å²) in [5, 5.41) is 0. The highest BCUT2D eigenvalue weighted by atomic mass is 32.2. The third-order valence-corrected chi connectivity index (χ3v) is 6.92. The number of nitrogens with zero attached hydrogens (tertiary/aromatic N) is 2. The molecular formula is C17H26N2O3S. The second-order valence-electron chi connectivity index (χ2n) is 6.97. The van der Waals surface area contributed by atoms with E-state index in [9.17, 15) is 13.2 Å². The van der Waals surface area contributed by atoms with E-state index in [0.717, 1.165) is 30.0 Å². The van der Waals surface area contributed by atoms with Crippen LogP contribution in [-0.4, -0.2) is 54.8 Å². The maximum Gasteiger partial charge on any atom is 0.178 e. The van der Waals surface area contributed by atoms with Gasteiger partial charge < -0.3 is 4.57 Å². The van der Waals surface area contributed by atoms with Crippen LogP contribution in [0.5, 0.6) is 0 Å². The van der Waals surface area contributed by atoms with Crippen LogP contribution in [0.3, 0.4) is 0 Å². The molecule has 0 amide bonds. The van der Waals surface area contributed by atoms with Gasteiger partial charge in [0.1, 0.15) is 0 Å². The van der Waals surface area contributed by atoms with Gasteiger partial charge in [-0.15, -0.1) is 0 Å². The lowest BCUT2D eigenvalue weighted by Crippen LogP contribution is -2.34. The van der Waals surface area contributed by atoms with Crippen molar-refractivity contribution in [3.05, 3.63) is 23.0 Å². The number of aromatic nitrogens is 1. The Labute approximate surface area is 138 Å². The van der Waals surface area contributed by atoms with Crippen LogP contribution >= 0.6 is 0 Å². The van der Waals surface area contributed by atoms with Crippen molar-refractivity contribution in [2.24, 2.45) is 0 Å². The molecule has 0 bridgehead atoms. The third-order valence-electron chi connectivity index (χ3n) is 5.17. The highest BCUT2D eigenvalue weighted by Gasteiger charge is 2.31. The number of sulfone groups is 1. The van der Waals surface area contributed by atoms with Gasteiger partial charge >= 0.3 is 0 Å². The van der Waals surface area contributed by atoms with Crippen LogP contribution in [0.2, 0.25) is 0 Å². The summed E-state index contributed by atoms with van der Waals surface area (Å²) in [5.74, 6) is 0.613. The van der Waals surface area contributed by atoms with E-state index in [0.29, 0.717) is 13.0 Å². The molecule has 2 saturated heterocycles. The van der Waals surface area contributed by atoms with Crippen LogP contribution < -0.4 is 0 Å². The number of hydrogen-bond donors (Lipinski definition) is 0. The average Bonchev–Trinajstić information content (AvgIpc) is 2.99. The summed E-state index contributed by atoms with van der Waals surface area (Å²) < 4.78 is 25.6. The summed E-state index contributed by atoms with van der Waals surface area (Å²) in [6.45, 7) is 6.40. The average molecular weight is 338 g/mol. The number of piperidine rings is 1. The van der Waals surface area contributed by atoms with Crippen molar-refractivity contribution in [1.82, 2.24) is 9.47 Å². The van der Waals surface area contributed by atoms with E-state index in [4.69, 9.17) is 0 Å². The first-order valence-corrected chi connectivity index (χ1v) is 10.3. The predicted molar refractivity (Wildman–Crippen MR) is 90.8 cm³/mol. The van der Waals surface area contributed by atoms with Crippen molar-refractivity contribution < 1.29 is 13.2 Å². The molecule has 128 valence electrons. The van der Waals surface area contributed by atoms with Gasteiger partial charge in [-0.05, 0) is 52.3 Å². The Morgan fingerprint density at radius 1 is 1.22 bits per heavy atom. The van der Waals surface area contributed by atoms with Crippen LogP contribution in [-0.2, 0) is 9.84 Å². The molecule has 1 atom stereocenters. The molecule has 5 nitrogen and oxygen atoms in total. The maximum atomic E-state index is 12.7. The normalized spacial score (nSPS) is 24.9. The standard InChI is InChI=1S/C17H26N2O3S/c1-13-10-16(17(20)11-18-7-4-3-5-8-18)14(2)19(13)15-6-9-23(21,22)12-15/h10,15H,3-9,11-12H2,1-2H3/t15-/m1/s1. The molecule has 2 aliphatic heterocycles. The monoisotopic (exact) mass is 338 g/mol. The zero-order valence-corrected chi connectivity index (χ0v) is 14.9. The summed E-state index contributed by atoms with van der Waals surface area (Å²) in [6, 6.07) is 1.92. The number of carbonyl (C=O) groups excluding carboxylic acids is 1. The number of likely N-dealkylation sites (tertiary alicyclic amines) is 1. The highest BCUT2D eigenvalue weighted by molar-refractivity contribution is 7.91. The molecule has 1 aromatic rings. The summed E-state index contributed by atoms with van der Waals surface area (Å²) in [5.41, 5.74) is 2.68. The van der Waals surface area contributed by atoms with Gasteiger partial charge in [0.15, 0.2) is 15.6 Å². The molecule has 0 aliphatic carbocycles. The van der Waals surface area contributed by atoms with Crippen molar-refractivity contribution in [1.29, 1.82) is 0 Å². The van der Waals surface area contributed by atoms with Crippen LogP contribution in [0.4, 0.5) is 0 Å². The lowest BCUT2D eigenvalue weighted by molar-refractivity contribution is 0.0915. The van der Waals surface area contributed by atoms with E-state index in [-0.39, 0.29) is 23.3 Å². The van der Waals surface area contributed by atoms with Gasteiger partial charge in [0.25, 0.3) is 0 Å². The van der Waals surface area contributed by atoms with Crippen molar-refractivity contribution in [3.8, 4) is 0 Å². The van der Waals surface area contributed by atoms with Gasteiger partial charge in [0, 0.05) is 23.0 Å². The first-order chi connectivity index (χ1) is 10.9. The lowest BCUT2D eigenvalue weighted by Gasteiger charge is -2.25. The SMILES string of the molecule is Cc1cc(C(=O)CN2CCCCC2)c(C)n1[C@@H]1CCS(=O)(=O)C1. The molecule has 23 heavy (non-hydrogen) atoms. The Hall–Kier alpha value is -1.14. The molecule has 0 spiro atoms. The summed E-state index contributed by atoms with van der Waals surface area (Å²) in [7, 11) is -2.92. The predicted octanol–water partition coefficient (Wildman–Crippen LogP) is 2.13. The van der Waals surface area contributed by atoms with E-state index < -0.39 is 9.84 Å². The van der Waals surface area contributed by atoms with E-state index in [1.807, 2.05) is 19.9 Å². The van der Waals surface area contributed by atoms with E-state index in [1.165, 1.54) is 19.3 Å². The minimum absolute atomic E-state index is 0.0171. The molecule has 0 radical (unpaired) electrons. The number of hydrogen-bond acceptors (Lipinski definition) is 4. The second-order valence-corrected chi connectivity index (χ2v) is 9.20. The fourth-order valence-corrected chi connectivity index (χ4v) is 5.71. The lowest BCUT2D eigenvalue weighted by atomic mass is 10.1. The largest absolute Gasteiger partial charge is 0.344 e. The van der Waals surface area contributed by atoms with Crippen LogP contribution in [0.25, 0.3) is 0 Å². The summed E-state index contributed by atoms with van der Waals surface area (Å²) in [4.78, 5) is 14.9. The van der Waals surface area contributed by atoms with Crippen molar-refractivity contribution >= 4 is 15.6 Å².